The summed E-state index contributed by atoms with van der Waals surface area (Å²) in [4.78, 5) is 0. The average Bonchev–Trinajstić information content (AvgIpc) is 2.95. The van der Waals surface area contributed by atoms with Crippen LogP contribution in [0.4, 0.5) is 0 Å². The lowest BCUT2D eigenvalue weighted by Crippen LogP contribution is -2.13. The Balaban J connectivity index is 1.57. The molecule has 3 rings (SSSR count). The highest BCUT2D eigenvalue weighted by molar-refractivity contribution is 5.39. The first kappa shape index (κ1) is 13.2. The zero-order chi connectivity index (χ0) is 13.8. The first-order valence-corrected chi connectivity index (χ1v) is 7.08. The predicted molar refractivity (Wildman–Crippen MR) is 80.5 cm³/mol. The Labute approximate surface area is 119 Å². The standard InChI is InChI=1S/C17H20N2O/c18-10-13-2-1-3-14(8-13)11-19-12-15-4-5-17-16(9-15)6-7-20-17/h1-5,8-9,19H,6-7,10-12,18H2. The van der Waals surface area contributed by atoms with E-state index in [2.05, 4.69) is 47.8 Å². The quantitative estimate of drug-likeness (QED) is 0.875. The molecule has 2 aromatic rings. The van der Waals surface area contributed by atoms with Crippen molar-refractivity contribution in [3.63, 3.8) is 0 Å². The Morgan fingerprint density at radius 1 is 1.00 bits per heavy atom. The average molecular weight is 268 g/mol. The van der Waals surface area contributed by atoms with E-state index in [1.807, 2.05) is 0 Å². The van der Waals surface area contributed by atoms with E-state index in [1.54, 1.807) is 0 Å². The number of rotatable bonds is 5. The van der Waals surface area contributed by atoms with Crippen LogP contribution in [0.1, 0.15) is 22.3 Å². The lowest BCUT2D eigenvalue weighted by molar-refractivity contribution is 0.357. The Bertz CT molecular complexity index is 595. The van der Waals surface area contributed by atoms with Gasteiger partial charge in [-0.15, -0.1) is 0 Å². The molecule has 0 radical (unpaired) electrons. The molecule has 3 N–H and O–H groups in total. The molecule has 20 heavy (non-hydrogen) atoms. The van der Waals surface area contributed by atoms with Gasteiger partial charge in [-0.05, 0) is 28.3 Å². The second kappa shape index (κ2) is 6.07. The molecule has 1 aliphatic rings. The summed E-state index contributed by atoms with van der Waals surface area (Å²) in [5, 5.41) is 3.48. The van der Waals surface area contributed by atoms with Crippen molar-refractivity contribution in [1.29, 1.82) is 0 Å². The van der Waals surface area contributed by atoms with Gasteiger partial charge >= 0.3 is 0 Å². The van der Waals surface area contributed by atoms with Crippen molar-refractivity contribution in [2.45, 2.75) is 26.1 Å². The molecule has 0 aliphatic carbocycles. The van der Waals surface area contributed by atoms with Crippen molar-refractivity contribution in [3.8, 4) is 5.75 Å². The lowest BCUT2D eigenvalue weighted by Gasteiger charge is -2.08. The minimum atomic E-state index is 0.596. The van der Waals surface area contributed by atoms with E-state index in [9.17, 15) is 0 Å². The summed E-state index contributed by atoms with van der Waals surface area (Å²) in [6, 6.07) is 14.9. The molecule has 3 nitrogen and oxygen atoms in total. The number of fused-ring (bicyclic) bond motifs is 1. The number of hydrogen-bond donors (Lipinski definition) is 2. The van der Waals surface area contributed by atoms with E-state index < -0.39 is 0 Å². The smallest absolute Gasteiger partial charge is 0.122 e. The SMILES string of the molecule is NCc1cccc(CNCc2ccc3c(c2)CCO3)c1. The van der Waals surface area contributed by atoms with Crippen LogP contribution in [-0.2, 0) is 26.1 Å². The van der Waals surface area contributed by atoms with Crippen LogP contribution in [0.5, 0.6) is 5.75 Å². The van der Waals surface area contributed by atoms with Crippen LogP contribution in [0.15, 0.2) is 42.5 Å². The zero-order valence-electron chi connectivity index (χ0n) is 11.6. The molecule has 0 aromatic heterocycles. The van der Waals surface area contributed by atoms with Crippen LogP contribution in [0.2, 0.25) is 0 Å². The third kappa shape index (κ3) is 3.00. The highest BCUT2D eigenvalue weighted by Gasteiger charge is 2.11. The van der Waals surface area contributed by atoms with Gasteiger partial charge in [-0.2, -0.15) is 0 Å². The van der Waals surface area contributed by atoms with Gasteiger partial charge in [-0.1, -0.05) is 36.4 Å². The van der Waals surface area contributed by atoms with Crippen LogP contribution in [0, 0.1) is 0 Å². The summed E-state index contributed by atoms with van der Waals surface area (Å²) in [6.45, 7) is 3.15. The Hall–Kier alpha value is -1.84. The Kier molecular flexibility index (Phi) is 4.00. The van der Waals surface area contributed by atoms with Gasteiger partial charge in [-0.25, -0.2) is 0 Å². The van der Waals surface area contributed by atoms with Crippen LogP contribution in [0.3, 0.4) is 0 Å². The van der Waals surface area contributed by atoms with E-state index in [0.717, 1.165) is 31.9 Å². The zero-order valence-corrected chi connectivity index (χ0v) is 11.6. The van der Waals surface area contributed by atoms with Crippen molar-refractivity contribution < 1.29 is 4.74 Å². The summed E-state index contributed by atoms with van der Waals surface area (Å²) >= 11 is 0. The maximum absolute atomic E-state index is 5.66. The number of benzene rings is 2. The lowest BCUT2D eigenvalue weighted by atomic mass is 10.1. The molecule has 0 bridgehead atoms. The molecule has 0 atom stereocenters. The van der Waals surface area contributed by atoms with Crippen molar-refractivity contribution in [3.05, 3.63) is 64.7 Å². The molecule has 0 unspecified atom stereocenters. The molecule has 0 saturated heterocycles. The summed E-state index contributed by atoms with van der Waals surface area (Å²) in [5.74, 6) is 1.05. The fraction of sp³-hybridized carbons (Fsp3) is 0.294. The summed E-state index contributed by atoms with van der Waals surface area (Å²) in [5.41, 5.74) is 10.8. The molecule has 0 amide bonds. The molecule has 1 heterocycles. The molecule has 3 heteroatoms. The van der Waals surface area contributed by atoms with Gasteiger partial charge in [0.15, 0.2) is 0 Å². The Morgan fingerprint density at radius 2 is 1.80 bits per heavy atom. The second-order valence-electron chi connectivity index (χ2n) is 5.17. The van der Waals surface area contributed by atoms with Crippen molar-refractivity contribution in [2.75, 3.05) is 6.61 Å². The molecule has 0 fully saturated rings. The van der Waals surface area contributed by atoms with Gasteiger partial charge in [0.05, 0.1) is 6.61 Å². The number of ether oxygens (including phenoxy) is 1. The molecule has 1 aliphatic heterocycles. The first-order chi connectivity index (χ1) is 9.85. The first-order valence-electron chi connectivity index (χ1n) is 7.08. The van der Waals surface area contributed by atoms with Crippen LogP contribution >= 0.6 is 0 Å². The fourth-order valence-electron chi connectivity index (χ4n) is 2.57. The molecule has 2 aromatic carbocycles. The maximum atomic E-state index is 5.66. The van der Waals surface area contributed by atoms with Crippen LogP contribution in [0.25, 0.3) is 0 Å². The normalized spacial score (nSPS) is 13.1. The third-order valence-corrected chi connectivity index (χ3v) is 3.64. The topological polar surface area (TPSA) is 47.3 Å². The number of hydrogen-bond acceptors (Lipinski definition) is 3. The third-order valence-electron chi connectivity index (χ3n) is 3.64. The largest absolute Gasteiger partial charge is 0.493 e. The second-order valence-corrected chi connectivity index (χ2v) is 5.17. The number of nitrogens with one attached hydrogen (secondary N) is 1. The highest BCUT2D eigenvalue weighted by atomic mass is 16.5. The fourth-order valence-corrected chi connectivity index (χ4v) is 2.57. The van der Waals surface area contributed by atoms with Crippen molar-refractivity contribution >= 4 is 0 Å². The van der Waals surface area contributed by atoms with Gasteiger partial charge < -0.3 is 15.8 Å². The predicted octanol–water partition coefficient (Wildman–Crippen LogP) is 2.37. The van der Waals surface area contributed by atoms with Gasteiger partial charge in [-0.3, -0.25) is 0 Å². The molecular weight excluding hydrogens is 248 g/mol. The van der Waals surface area contributed by atoms with Gasteiger partial charge in [0.25, 0.3) is 0 Å². The molecule has 0 spiro atoms. The molecular formula is C17H20N2O. The maximum Gasteiger partial charge on any atom is 0.122 e. The summed E-state index contributed by atoms with van der Waals surface area (Å²) < 4.78 is 5.52. The van der Waals surface area contributed by atoms with Crippen molar-refractivity contribution in [2.24, 2.45) is 5.73 Å². The monoisotopic (exact) mass is 268 g/mol. The summed E-state index contributed by atoms with van der Waals surface area (Å²) in [6.07, 6.45) is 1.03. The van der Waals surface area contributed by atoms with E-state index in [4.69, 9.17) is 10.5 Å². The summed E-state index contributed by atoms with van der Waals surface area (Å²) in [7, 11) is 0. The van der Waals surface area contributed by atoms with E-state index in [-0.39, 0.29) is 0 Å². The Morgan fingerprint density at radius 3 is 2.65 bits per heavy atom. The van der Waals surface area contributed by atoms with Gasteiger partial charge in [0.2, 0.25) is 0 Å². The van der Waals surface area contributed by atoms with Gasteiger partial charge in [0, 0.05) is 26.1 Å². The van der Waals surface area contributed by atoms with E-state index in [0.29, 0.717) is 6.54 Å². The van der Waals surface area contributed by atoms with Crippen LogP contribution < -0.4 is 15.8 Å². The van der Waals surface area contributed by atoms with E-state index >= 15 is 0 Å². The highest BCUT2D eigenvalue weighted by Crippen LogP contribution is 2.25. The van der Waals surface area contributed by atoms with Gasteiger partial charge in [0.1, 0.15) is 5.75 Å². The number of nitrogens with two attached hydrogens (primary N) is 1. The molecule has 104 valence electrons. The van der Waals surface area contributed by atoms with E-state index in [1.165, 1.54) is 22.3 Å². The minimum absolute atomic E-state index is 0.596. The molecule has 0 saturated carbocycles. The van der Waals surface area contributed by atoms with Crippen molar-refractivity contribution in [1.82, 2.24) is 5.32 Å². The minimum Gasteiger partial charge on any atom is -0.493 e. The van der Waals surface area contributed by atoms with Crippen LogP contribution in [-0.4, -0.2) is 6.61 Å².